The third-order valence-electron chi connectivity index (χ3n) is 3.72. The summed E-state index contributed by atoms with van der Waals surface area (Å²) in [6.07, 6.45) is 0. The number of fused-ring (bicyclic) bond motifs is 1. The van der Waals surface area contributed by atoms with Gasteiger partial charge in [0.25, 0.3) is 5.78 Å². The summed E-state index contributed by atoms with van der Waals surface area (Å²) in [6, 6.07) is 7.93. The predicted octanol–water partition coefficient (Wildman–Crippen LogP) is 4.21. The number of rotatable bonds is 6. The van der Waals surface area contributed by atoms with Crippen LogP contribution in [0.25, 0.3) is 5.78 Å². The third-order valence-corrected chi connectivity index (χ3v) is 5.47. The first kappa shape index (κ1) is 17.9. The second-order valence-electron chi connectivity index (χ2n) is 5.91. The summed E-state index contributed by atoms with van der Waals surface area (Å²) >= 11 is 3.06. The van der Waals surface area contributed by atoms with Crippen LogP contribution in [0.15, 0.2) is 40.9 Å². The van der Waals surface area contributed by atoms with E-state index < -0.39 is 0 Å². The average molecular weight is 401 g/mol. The molecule has 0 aliphatic carbocycles. The maximum absolute atomic E-state index is 12.9. The fourth-order valence-corrected chi connectivity index (χ4v) is 4.03. The highest BCUT2D eigenvalue weighted by Crippen LogP contribution is 2.22. The molecule has 0 saturated carbocycles. The first-order chi connectivity index (χ1) is 13.1. The lowest BCUT2D eigenvalue weighted by atomic mass is 10.3. The van der Waals surface area contributed by atoms with Crippen LogP contribution in [0, 0.1) is 19.7 Å². The van der Waals surface area contributed by atoms with E-state index >= 15 is 0 Å². The molecule has 0 fully saturated rings. The molecule has 9 heteroatoms. The zero-order chi connectivity index (χ0) is 18.8. The van der Waals surface area contributed by atoms with Crippen LogP contribution < -0.4 is 4.74 Å². The monoisotopic (exact) mass is 401 g/mol. The lowest BCUT2D eigenvalue weighted by Gasteiger charge is -2.03. The van der Waals surface area contributed by atoms with Crippen LogP contribution in [-0.4, -0.2) is 24.6 Å². The quantitative estimate of drug-likeness (QED) is 0.451. The highest BCUT2D eigenvalue weighted by Gasteiger charge is 2.10. The van der Waals surface area contributed by atoms with Gasteiger partial charge in [-0.2, -0.15) is 4.98 Å². The minimum atomic E-state index is -0.281. The number of nitrogens with zero attached hydrogens (tertiary/aromatic N) is 5. The Bertz CT molecular complexity index is 1080. The third kappa shape index (κ3) is 4.25. The number of benzene rings is 1. The molecule has 0 N–H and O–H groups in total. The van der Waals surface area contributed by atoms with E-state index in [1.54, 1.807) is 16.6 Å². The van der Waals surface area contributed by atoms with Crippen LogP contribution in [0.3, 0.4) is 0 Å². The van der Waals surface area contributed by atoms with Gasteiger partial charge in [0, 0.05) is 22.5 Å². The minimum Gasteiger partial charge on any atom is -0.486 e. The van der Waals surface area contributed by atoms with Crippen molar-refractivity contribution in [3.63, 3.8) is 0 Å². The molecule has 0 atom stereocenters. The molecule has 6 nitrogen and oxygen atoms in total. The van der Waals surface area contributed by atoms with Gasteiger partial charge in [-0.15, -0.1) is 16.4 Å². The van der Waals surface area contributed by atoms with Crippen LogP contribution >= 0.6 is 23.1 Å². The summed E-state index contributed by atoms with van der Waals surface area (Å²) in [5, 5.41) is 8.03. The number of thioether (sulfide) groups is 1. The molecule has 1 aromatic carbocycles. The van der Waals surface area contributed by atoms with E-state index in [1.165, 1.54) is 35.2 Å². The Morgan fingerprint density at radius 1 is 1.15 bits per heavy atom. The lowest BCUT2D eigenvalue weighted by molar-refractivity contribution is 0.305. The molecular formula is C18H16FN5OS2. The maximum atomic E-state index is 12.9. The van der Waals surface area contributed by atoms with E-state index in [-0.39, 0.29) is 5.82 Å². The van der Waals surface area contributed by atoms with E-state index in [1.807, 2.05) is 25.3 Å². The molecule has 0 spiro atoms. The van der Waals surface area contributed by atoms with Crippen LogP contribution in [-0.2, 0) is 12.4 Å². The van der Waals surface area contributed by atoms with Gasteiger partial charge in [0.15, 0.2) is 0 Å². The van der Waals surface area contributed by atoms with E-state index in [9.17, 15) is 4.39 Å². The van der Waals surface area contributed by atoms with Crippen LogP contribution in [0.1, 0.15) is 22.1 Å². The maximum Gasteiger partial charge on any atom is 0.253 e. The number of ether oxygens (including phenoxy) is 1. The van der Waals surface area contributed by atoms with Crippen molar-refractivity contribution in [2.75, 3.05) is 0 Å². The summed E-state index contributed by atoms with van der Waals surface area (Å²) in [6.45, 7) is 4.29. The lowest BCUT2D eigenvalue weighted by Crippen LogP contribution is -1.97. The number of halogens is 1. The summed E-state index contributed by atoms with van der Waals surface area (Å²) in [4.78, 5) is 13.4. The fourth-order valence-electron chi connectivity index (χ4n) is 2.50. The first-order valence-electron chi connectivity index (χ1n) is 8.22. The largest absolute Gasteiger partial charge is 0.486 e. The van der Waals surface area contributed by atoms with E-state index in [0.717, 1.165) is 22.1 Å². The van der Waals surface area contributed by atoms with Crippen LogP contribution in [0.2, 0.25) is 0 Å². The van der Waals surface area contributed by atoms with Crippen molar-refractivity contribution in [3.8, 4) is 5.75 Å². The molecule has 138 valence electrons. The molecule has 0 bridgehead atoms. The summed E-state index contributed by atoms with van der Waals surface area (Å²) in [7, 11) is 0. The summed E-state index contributed by atoms with van der Waals surface area (Å²) in [5.41, 5.74) is 2.88. The van der Waals surface area contributed by atoms with Crippen LogP contribution in [0.4, 0.5) is 4.39 Å². The molecule has 3 heterocycles. The molecule has 0 unspecified atom stereocenters. The Kier molecular flexibility index (Phi) is 5.04. The molecule has 0 aliphatic rings. The van der Waals surface area contributed by atoms with E-state index in [2.05, 4.69) is 20.1 Å². The fraction of sp³-hybridized carbons (Fsp3) is 0.222. The van der Waals surface area contributed by atoms with Gasteiger partial charge in [-0.05, 0) is 44.2 Å². The van der Waals surface area contributed by atoms with Gasteiger partial charge in [-0.25, -0.2) is 18.9 Å². The molecule has 0 saturated heterocycles. The van der Waals surface area contributed by atoms with Gasteiger partial charge in [-0.3, -0.25) is 0 Å². The molecule has 3 aromatic heterocycles. The molecule has 0 amide bonds. The van der Waals surface area contributed by atoms with Gasteiger partial charge >= 0.3 is 0 Å². The SMILES string of the molecule is Cc1cc(C)n2nc(SCc3csc(COc4ccc(F)cc4)n3)nc2n1. The van der Waals surface area contributed by atoms with Gasteiger partial charge < -0.3 is 4.74 Å². The number of thiazole rings is 1. The molecule has 27 heavy (non-hydrogen) atoms. The van der Waals surface area contributed by atoms with E-state index in [4.69, 9.17) is 4.74 Å². The van der Waals surface area contributed by atoms with Crippen molar-refractivity contribution in [1.82, 2.24) is 24.6 Å². The average Bonchev–Trinajstić information content (AvgIpc) is 3.26. The summed E-state index contributed by atoms with van der Waals surface area (Å²) < 4.78 is 20.3. The highest BCUT2D eigenvalue weighted by molar-refractivity contribution is 7.98. The minimum absolute atomic E-state index is 0.281. The summed E-state index contributed by atoms with van der Waals surface area (Å²) in [5.74, 6) is 1.62. The number of hydrogen-bond donors (Lipinski definition) is 0. The zero-order valence-corrected chi connectivity index (χ0v) is 16.4. The Balaban J connectivity index is 1.36. The molecule has 4 rings (SSSR count). The molecule has 4 aromatic rings. The van der Waals surface area contributed by atoms with Gasteiger partial charge in [0.2, 0.25) is 5.16 Å². The highest BCUT2D eigenvalue weighted by atomic mass is 32.2. The second kappa shape index (κ2) is 7.61. The van der Waals surface area contributed by atoms with Crippen molar-refractivity contribution in [2.24, 2.45) is 0 Å². The number of aromatic nitrogens is 5. The van der Waals surface area contributed by atoms with Crippen molar-refractivity contribution in [3.05, 3.63) is 63.6 Å². The van der Waals surface area contributed by atoms with Crippen molar-refractivity contribution < 1.29 is 9.13 Å². The molecular weight excluding hydrogens is 385 g/mol. The smallest absolute Gasteiger partial charge is 0.253 e. The zero-order valence-electron chi connectivity index (χ0n) is 14.7. The first-order valence-corrected chi connectivity index (χ1v) is 10.1. The van der Waals surface area contributed by atoms with Gasteiger partial charge in [-0.1, -0.05) is 11.8 Å². The Hall–Kier alpha value is -2.52. The molecule has 0 aliphatic heterocycles. The van der Waals surface area contributed by atoms with Crippen molar-refractivity contribution in [2.45, 2.75) is 31.4 Å². The normalized spacial score (nSPS) is 11.2. The number of hydrogen-bond acceptors (Lipinski definition) is 7. The topological polar surface area (TPSA) is 65.2 Å². The van der Waals surface area contributed by atoms with E-state index in [0.29, 0.717) is 29.0 Å². The van der Waals surface area contributed by atoms with Gasteiger partial charge in [0.05, 0.1) is 5.69 Å². The van der Waals surface area contributed by atoms with Gasteiger partial charge in [0.1, 0.15) is 23.2 Å². The second-order valence-corrected chi connectivity index (χ2v) is 7.79. The van der Waals surface area contributed by atoms with Crippen molar-refractivity contribution >= 4 is 28.9 Å². The predicted molar refractivity (Wildman–Crippen MR) is 103 cm³/mol. The Morgan fingerprint density at radius 2 is 1.96 bits per heavy atom. The van der Waals surface area contributed by atoms with Crippen LogP contribution in [0.5, 0.6) is 5.75 Å². The van der Waals surface area contributed by atoms with Crippen molar-refractivity contribution in [1.29, 1.82) is 0 Å². The molecule has 0 radical (unpaired) electrons. The standard InChI is InChI=1S/C18H16FN5OS2/c1-11-7-12(2)24-17(20-11)22-18(23-24)27-10-14-9-26-16(21-14)8-25-15-5-3-13(19)4-6-15/h3-7,9H,8,10H2,1-2H3. The number of aryl methyl sites for hydroxylation is 2. The Morgan fingerprint density at radius 3 is 2.78 bits per heavy atom. The Labute approximate surface area is 163 Å².